The predicted molar refractivity (Wildman–Crippen MR) is 71.3 cm³/mol. The fourth-order valence-electron chi connectivity index (χ4n) is 3.04. The van der Waals surface area contributed by atoms with Crippen LogP contribution in [0.4, 0.5) is 0 Å². The molecule has 2 aliphatic rings. The minimum Gasteiger partial charge on any atom is -0.383 e. The lowest BCUT2D eigenvalue weighted by atomic mass is 9.91. The highest BCUT2D eigenvalue weighted by Crippen LogP contribution is 2.59. The van der Waals surface area contributed by atoms with Gasteiger partial charge in [-0.2, -0.15) is 0 Å². The van der Waals surface area contributed by atoms with Crippen molar-refractivity contribution < 1.29 is 9.53 Å². The zero-order valence-electron chi connectivity index (χ0n) is 11.3. The molecule has 0 radical (unpaired) electrons. The number of nitrogens with one attached hydrogen (secondary N) is 1. The van der Waals surface area contributed by atoms with Crippen molar-refractivity contribution in [2.75, 3.05) is 39.9 Å². The van der Waals surface area contributed by atoms with Crippen molar-refractivity contribution in [2.24, 2.45) is 11.3 Å². The average molecular weight is 252 g/mol. The van der Waals surface area contributed by atoms with Crippen LogP contribution in [0.2, 0.25) is 0 Å². The molecule has 2 rings (SSSR count). The zero-order valence-corrected chi connectivity index (χ0v) is 11.3. The molecule has 0 aromatic rings. The average Bonchev–Trinajstić information content (AvgIpc) is 3.08. The first-order valence-electron chi connectivity index (χ1n) is 6.83. The van der Waals surface area contributed by atoms with Crippen LogP contribution in [0.5, 0.6) is 0 Å². The van der Waals surface area contributed by atoms with Gasteiger partial charge in [0.05, 0.1) is 6.61 Å². The Bertz CT molecular complexity index is 311. The third-order valence-electron chi connectivity index (χ3n) is 4.31. The Morgan fingerprint density at radius 1 is 1.56 bits per heavy atom. The second-order valence-electron chi connectivity index (χ2n) is 5.43. The number of methoxy groups -OCH3 is 1. The number of carbonyl (C=O) groups is 1. The summed E-state index contributed by atoms with van der Waals surface area (Å²) in [5, 5.41) is 3.37. The van der Waals surface area contributed by atoms with Gasteiger partial charge < -0.3 is 15.0 Å². The summed E-state index contributed by atoms with van der Waals surface area (Å²) in [5.41, 5.74) is 0.314. The van der Waals surface area contributed by atoms with Gasteiger partial charge in [0.1, 0.15) is 0 Å². The summed E-state index contributed by atoms with van der Waals surface area (Å²) in [6.07, 6.45) is 5.17. The van der Waals surface area contributed by atoms with E-state index in [9.17, 15) is 4.79 Å². The number of hydrogen-bond acceptors (Lipinski definition) is 3. The molecule has 102 valence electrons. The van der Waals surface area contributed by atoms with Gasteiger partial charge in [-0.05, 0) is 37.8 Å². The molecular formula is C14H24N2O2. The standard InChI is InChI=1S/C14H24N2O2/c1-3-8-16(9-10-18-2)13(17)12-11-14(12)4-6-15-7-5-14/h3,12,15H,1,4-11H2,2H3. The molecule has 1 saturated heterocycles. The first-order valence-corrected chi connectivity index (χ1v) is 6.83. The van der Waals surface area contributed by atoms with Crippen molar-refractivity contribution >= 4 is 5.91 Å². The van der Waals surface area contributed by atoms with E-state index in [-0.39, 0.29) is 5.92 Å². The molecule has 0 bridgehead atoms. The summed E-state index contributed by atoms with van der Waals surface area (Å²) in [5.74, 6) is 0.547. The molecule has 1 N–H and O–H groups in total. The molecule has 1 atom stereocenters. The molecule has 1 spiro atoms. The lowest BCUT2D eigenvalue weighted by Gasteiger charge is -2.26. The van der Waals surface area contributed by atoms with Crippen molar-refractivity contribution in [3.8, 4) is 0 Å². The van der Waals surface area contributed by atoms with Crippen LogP contribution < -0.4 is 5.32 Å². The van der Waals surface area contributed by atoms with Gasteiger partial charge in [-0.3, -0.25) is 4.79 Å². The van der Waals surface area contributed by atoms with Crippen LogP contribution in [0, 0.1) is 11.3 Å². The van der Waals surface area contributed by atoms with Crippen molar-refractivity contribution in [1.29, 1.82) is 0 Å². The first kappa shape index (κ1) is 13.6. The number of rotatable bonds is 6. The van der Waals surface area contributed by atoms with Gasteiger partial charge in [-0.25, -0.2) is 0 Å². The maximum absolute atomic E-state index is 12.5. The van der Waals surface area contributed by atoms with E-state index < -0.39 is 0 Å². The highest BCUT2D eigenvalue weighted by molar-refractivity contribution is 5.83. The fourth-order valence-corrected chi connectivity index (χ4v) is 3.04. The molecule has 1 aliphatic carbocycles. The smallest absolute Gasteiger partial charge is 0.226 e. The minimum atomic E-state index is 0.247. The van der Waals surface area contributed by atoms with Gasteiger partial charge in [0.15, 0.2) is 0 Å². The topological polar surface area (TPSA) is 41.6 Å². The monoisotopic (exact) mass is 252 g/mol. The largest absolute Gasteiger partial charge is 0.383 e. The number of piperidine rings is 1. The Balaban J connectivity index is 1.90. The lowest BCUT2D eigenvalue weighted by Crippen LogP contribution is -2.38. The van der Waals surface area contributed by atoms with Gasteiger partial charge in [-0.1, -0.05) is 6.08 Å². The van der Waals surface area contributed by atoms with Crippen molar-refractivity contribution in [2.45, 2.75) is 19.3 Å². The van der Waals surface area contributed by atoms with Gasteiger partial charge >= 0.3 is 0 Å². The summed E-state index contributed by atoms with van der Waals surface area (Å²) in [6, 6.07) is 0. The maximum Gasteiger partial charge on any atom is 0.226 e. The van der Waals surface area contributed by atoms with Crippen molar-refractivity contribution in [1.82, 2.24) is 10.2 Å². The van der Waals surface area contributed by atoms with Crippen LogP contribution in [0.25, 0.3) is 0 Å². The van der Waals surface area contributed by atoms with Crippen LogP contribution in [0.3, 0.4) is 0 Å². The molecule has 1 amide bonds. The van der Waals surface area contributed by atoms with Crippen LogP contribution >= 0.6 is 0 Å². The van der Waals surface area contributed by atoms with E-state index in [1.807, 2.05) is 4.90 Å². The molecule has 18 heavy (non-hydrogen) atoms. The first-order chi connectivity index (χ1) is 8.73. The molecule has 4 nitrogen and oxygen atoms in total. The van der Waals surface area contributed by atoms with Crippen LogP contribution in [-0.4, -0.2) is 50.7 Å². The minimum absolute atomic E-state index is 0.247. The highest BCUT2D eigenvalue weighted by Gasteiger charge is 2.58. The summed E-state index contributed by atoms with van der Waals surface area (Å²) >= 11 is 0. The highest BCUT2D eigenvalue weighted by atomic mass is 16.5. The molecule has 2 fully saturated rings. The summed E-state index contributed by atoms with van der Waals surface area (Å²) in [4.78, 5) is 14.4. The lowest BCUT2D eigenvalue weighted by molar-refractivity contribution is -0.133. The normalized spacial score (nSPS) is 24.8. The molecule has 4 heteroatoms. The molecule has 1 aliphatic heterocycles. The Kier molecular flexibility index (Phi) is 4.40. The van der Waals surface area contributed by atoms with E-state index in [4.69, 9.17) is 4.74 Å². The molecule has 1 unspecified atom stereocenters. The van der Waals surface area contributed by atoms with E-state index in [1.165, 1.54) is 0 Å². The third kappa shape index (κ3) is 2.75. The van der Waals surface area contributed by atoms with E-state index in [0.29, 0.717) is 31.0 Å². The van der Waals surface area contributed by atoms with Crippen molar-refractivity contribution in [3.05, 3.63) is 12.7 Å². The molecule has 0 aromatic carbocycles. The Hall–Kier alpha value is -0.870. The second-order valence-corrected chi connectivity index (χ2v) is 5.43. The molecule has 1 heterocycles. The van der Waals surface area contributed by atoms with Crippen LogP contribution in [0.1, 0.15) is 19.3 Å². The quantitative estimate of drug-likeness (QED) is 0.718. The van der Waals surface area contributed by atoms with Gasteiger partial charge in [-0.15, -0.1) is 6.58 Å². The second kappa shape index (κ2) is 5.85. The third-order valence-corrected chi connectivity index (χ3v) is 4.31. The summed E-state index contributed by atoms with van der Waals surface area (Å²) in [6.45, 7) is 7.75. The number of amides is 1. The maximum atomic E-state index is 12.5. The fraction of sp³-hybridized carbons (Fsp3) is 0.786. The molecule has 1 saturated carbocycles. The predicted octanol–water partition coefficient (Wildman–Crippen LogP) is 1.04. The number of hydrogen-bond donors (Lipinski definition) is 1. The number of carbonyl (C=O) groups excluding carboxylic acids is 1. The SMILES string of the molecule is C=CCN(CCOC)C(=O)C1CC12CCNCC2. The Morgan fingerprint density at radius 3 is 2.89 bits per heavy atom. The van der Waals surface area contributed by atoms with Gasteiger partial charge in [0.2, 0.25) is 5.91 Å². The van der Waals surface area contributed by atoms with E-state index >= 15 is 0 Å². The van der Waals surface area contributed by atoms with E-state index in [1.54, 1.807) is 13.2 Å². The van der Waals surface area contributed by atoms with E-state index in [2.05, 4.69) is 11.9 Å². The summed E-state index contributed by atoms with van der Waals surface area (Å²) < 4.78 is 5.07. The molecular weight excluding hydrogens is 228 g/mol. The zero-order chi connectivity index (χ0) is 13.0. The number of nitrogens with zero attached hydrogens (tertiary/aromatic N) is 1. The van der Waals surface area contributed by atoms with Crippen molar-refractivity contribution in [3.63, 3.8) is 0 Å². The summed E-state index contributed by atoms with van der Waals surface area (Å²) in [7, 11) is 1.67. The Labute approximate surface area is 109 Å². The number of ether oxygens (including phenoxy) is 1. The van der Waals surface area contributed by atoms with E-state index in [0.717, 1.165) is 32.4 Å². The Morgan fingerprint density at radius 2 is 2.28 bits per heavy atom. The van der Waals surface area contributed by atoms with Crippen LogP contribution in [-0.2, 0) is 9.53 Å². The van der Waals surface area contributed by atoms with Gasteiger partial charge in [0, 0.05) is 26.1 Å². The van der Waals surface area contributed by atoms with Gasteiger partial charge in [0.25, 0.3) is 0 Å². The molecule has 0 aromatic heterocycles. The van der Waals surface area contributed by atoms with Crippen LogP contribution in [0.15, 0.2) is 12.7 Å².